The van der Waals surface area contributed by atoms with E-state index in [4.69, 9.17) is 4.42 Å². The number of aryl methyl sites for hydroxylation is 1. The number of furan rings is 1. The zero-order valence-corrected chi connectivity index (χ0v) is 10.2. The molecule has 1 aromatic carbocycles. The van der Waals surface area contributed by atoms with Crippen molar-refractivity contribution < 1.29 is 4.42 Å². The topological polar surface area (TPSA) is 56.2 Å². The highest BCUT2D eigenvalue weighted by atomic mass is 16.3. The van der Waals surface area contributed by atoms with Crippen LogP contribution in [-0.2, 0) is 0 Å². The summed E-state index contributed by atoms with van der Waals surface area (Å²) in [6.45, 7) is 1.93. The number of benzene rings is 1. The van der Waals surface area contributed by atoms with Crippen LogP contribution >= 0.6 is 0 Å². The van der Waals surface area contributed by atoms with Crippen LogP contribution in [0, 0.1) is 6.92 Å². The third-order valence-corrected chi connectivity index (χ3v) is 3.06. The van der Waals surface area contributed by atoms with Crippen LogP contribution in [0.5, 0.6) is 0 Å². The predicted molar refractivity (Wildman–Crippen MR) is 70.7 cm³/mol. The van der Waals surface area contributed by atoms with Gasteiger partial charge >= 0.3 is 0 Å². The third kappa shape index (κ3) is 1.52. The third-order valence-electron chi connectivity index (χ3n) is 3.06. The van der Waals surface area contributed by atoms with Gasteiger partial charge in [0, 0.05) is 11.1 Å². The molecule has 0 N–H and O–H groups in total. The van der Waals surface area contributed by atoms with E-state index >= 15 is 0 Å². The molecule has 0 spiro atoms. The maximum Gasteiger partial charge on any atom is 0.253 e. The minimum absolute atomic E-state index is 0.579. The van der Waals surface area contributed by atoms with Crippen LogP contribution in [0.15, 0.2) is 47.1 Å². The summed E-state index contributed by atoms with van der Waals surface area (Å²) in [6.07, 6.45) is 1.49. The molecule has 92 valence electrons. The lowest BCUT2D eigenvalue weighted by atomic mass is 10.2. The zero-order chi connectivity index (χ0) is 12.8. The molecule has 0 saturated carbocycles. The molecule has 0 bridgehead atoms. The molecule has 0 aliphatic heterocycles. The Labute approximate surface area is 108 Å². The van der Waals surface area contributed by atoms with Gasteiger partial charge in [-0.05, 0) is 25.1 Å². The van der Waals surface area contributed by atoms with Gasteiger partial charge in [0.15, 0.2) is 5.76 Å². The van der Waals surface area contributed by atoms with Crippen molar-refractivity contribution in [3.63, 3.8) is 0 Å². The lowest BCUT2D eigenvalue weighted by Crippen LogP contribution is -1.97. The molecule has 0 atom stereocenters. The summed E-state index contributed by atoms with van der Waals surface area (Å²) in [5.74, 6) is 1.35. The molecule has 3 heterocycles. The van der Waals surface area contributed by atoms with E-state index in [1.54, 1.807) is 4.52 Å². The Kier molecular flexibility index (Phi) is 1.97. The monoisotopic (exact) mass is 250 g/mol. The van der Waals surface area contributed by atoms with Crippen LogP contribution in [0.2, 0.25) is 0 Å². The van der Waals surface area contributed by atoms with Crippen molar-refractivity contribution in [1.29, 1.82) is 0 Å². The van der Waals surface area contributed by atoms with Crippen LogP contribution in [0.3, 0.4) is 0 Å². The molecule has 0 fully saturated rings. The van der Waals surface area contributed by atoms with E-state index in [2.05, 4.69) is 15.1 Å². The second kappa shape index (κ2) is 3.65. The van der Waals surface area contributed by atoms with Crippen molar-refractivity contribution in [2.24, 2.45) is 0 Å². The Morgan fingerprint density at radius 2 is 2.05 bits per heavy atom. The second-order valence-corrected chi connectivity index (χ2v) is 4.40. The Morgan fingerprint density at radius 1 is 1.16 bits per heavy atom. The SMILES string of the molecule is Cc1cc(-c2cc3ccccc3o2)n2ncnc2n1. The van der Waals surface area contributed by atoms with Gasteiger partial charge in [0.25, 0.3) is 5.78 Å². The molecule has 5 nitrogen and oxygen atoms in total. The minimum atomic E-state index is 0.579. The quantitative estimate of drug-likeness (QED) is 0.521. The summed E-state index contributed by atoms with van der Waals surface area (Å²) in [5.41, 5.74) is 2.60. The average molecular weight is 250 g/mol. The Hall–Kier alpha value is -2.69. The number of rotatable bonds is 1. The van der Waals surface area contributed by atoms with Crippen LogP contribution in [0.4, 0.5) is 0 Å². The molecular weight excluding hydrogens is 240 g/mol. The Bertz CT molecular complexity index is 858. The molecule has 0 aliphatic rings. The molecule has 4 aromatic rings. The van der Waals surface area contributed by atoms with Gasteiger partial charge < -0.3 is 4.42 Å². The van der Waals surface area contributed by atoms with Crippen molar-refractivity contribution in [1.82, 2.24) is 19.6 Å². The average Bonchev–Trinajstić information content (AvgIpc) is 3.03. The van der Waals surface area contributed by atoms with Gasteiger partial charge in [-0.2, -0.15) is 14.6 Å². The number of para-hydroxylation sites is 1. The maximum atomic E-state index is 5.87. The van der Waals surface area contributed by atoms with E-state index in [-0.39, 0.29) is 0 Å². The Morgan fingerprint density at radius 3 is 2.95 bits per heavy atom. The lowest BCUT2D eigenvalue weighted by Gasteiger charge is -2.01. The predicted octanol–water partition coefficient (Wildman–Crippen LogP) is 2.85. The number of nitrogens with zero attached hydrogens (tertiary/aromatic N) is 4. The fourth-order valence-corrected chi connectivity index (χ4v) is 2.21. The smallest absolute Gasteiger partial charge is 0.253 e. The zero-order valence-electron chi connectivity index (χ0n) is 10.2. The van der Waals surface area contributed by atoms with Crippen LogP contribution in [0.1, 0.15) is 5.69 Å². The number of hydrogen-bond donors (Lipinski definition) is 0. The van der Waals surface area contributed by atoms with Crippen molar-refractivity contribution in [3.8, 4) is 11.5 Å². The molecule has 0 aliphatic carbocycles. The first kappa shape index (κ1) is 10.3. The summed E-state index contributed by atoms with van der Waals surface area (Å²) in [4.78, 5) is 8.44. The van der Waals surface area contributed by atoms with Crippen LogP contribution in [-0.4, -0.2) is 19.6 Å². The maximum absolute atomic E-state index is 5.87. The summed E-state index contributed by atoms with van der Waals surface area (Å²) in [5, 5.41) is 5.26. The van der Waals surface area contributed by atoms with Crippen LogP contribution < -0.4 is 0 Å². The van der Waals surface area contributed by atoms with Crippen LogP contribution in [0.25, 0.3) is 28.2 Å². The molecule has 0 amide bonds. The van der Waals surface area contributed by atoms with Gasteiger partial charge in [0.1, 0.15) is 17.6 Å². The fraction of sp³-hybridized carbons (Fsp3) is 0.0714. The molecule has 19 heavy (non-hydrogen) atoms. The van der Waals surface area contributed by atoms with Crippen molar-refractivity contribution in [3.05, 3.63) is 48.4 Å². The molecule has 0 unspecified atom stereocenters. The second-order valence-electron chi connectivity index (χ2n) is 4.40. The highest BCUT2D eigenvalue weighted by molar-refractivity contribution is 5.82. The van der Waals surface area contributed by atoms with E-state index in [0.717, 1.165) is 28.1 Å². The number of fused-ring (bicyclic) bond motifs is 2. The highest BCUT2D eigenvalue weighted by Gasteiger charge is 2.12. The van der Waals surface area contributed by atoms with E-state index in [1.807, 2.05) is 43.3 Å². The van der Waals surface area contributed by atoms with Gasteiger partial charge in [-0.15, -0.1) is 0 Å². The van der Waals surface area contributed by atoms with E-state index < -0.39 is 0 Å². The van der Waals surface area contributed by atoms with Gasteiger partial charge in [0.05, 0.1) is 0 Å². The first-order valence-corrected chi connectivity index (χ1v) is 5.97. The normalized spacial score (nSPS) is 11.4. The molecule has 0 radical (unpaired) electrons. The molecule has 0 saturated heterocycles. The first-order chi connectivity index (χ1) is 9.31. The molecule has 3 aromatic heterocycles. The number of hydrogen-bond acceptors (Lipinski definition) is 4. The van der Waals surface area contributed by atoms with E-state index in [1.165, 1.54) is 6.33 Å². The standard InChI is InChI=1S/C14H10N4O/c1-9-6-11(18-14(17-9)15-8-16-18)13-7-10-4-2-3-5-12(10)19-13/h2-8H,1H3. The van der Waals surface area contributed by atoms with Gasteiger partial charge in [-0.3, -0.25) is 0 Å². The highest BCUT2D eigenvalue weighted by Crippen LogP contribution is 2.27. The van der Waals surface area contributed by atoms with Crippen molar-refractivity contribution in [2.45, 2.75) is 6.92 Å². The molecule has 4 rings (SSSR count). The van der Waals surface area contributed by atoms with Gasteiger partial charge in [-0.1, -0.05) is 18.2 Å². The largest absolute Gasteiger partial charge is 0.454 e. The summed E-state index contributed by atoms with van der Waals surface area (Å²) < 4.78 is 7.56. The van der Waals surface area contributed by atoms with Crippen molar-refractivity contribution in [2.75, 3.05) is 0 Å². The van der Waals surface area contributed by atoms with Gasteiger partial charge in [0.2, 0.25) is 0 Å². The summed E-state index contributed by atoms with van der Waals surface area (Å²) in [7, 11) is 0. The van der Waals surface area contributed by atoms with E-state index in [9.17, 15) is 0 Å². The molecular formula is C14H10N4O. The molecule has 5 heteroatoms. The first-order valence-electron chi connectivity index (χ1n) is 5.97. The Balaban J connectivity index is 2.05. The van der Waals surface area contributed by atoms with Crippen molar-refractivity contribution >= 4 is 16.7 Å². The summed E-state index contributed by atoms with van der Waals surface area (Å²) >= 11 is 0. The van der Waals surface area contributed by atoms with Gasteiger partial charge in [-0.25, -0.2) is 4.98 Å². The number of aromatic nitrogens is 4. The van der Waals surface area contributed by atoms with E-state index in [0.29, 0.717) is 5.78 Å². The lowest BCUT2D eigenvalue weighted by molar-refractivity contribution is 0.624. The summed E-state index contributed by atoms with van der Waals surface area (Å²) in [6, 6.07) is 11.9. The fourth-order valence-electron chi connectivity index (χ4n) is 2.21. The minimum Gasteiger partial charge on any atom is -0.454 e.